The molecule has 1 saturated carbocycles. The lowest BCUT2D eigenvalue weighted by Crippen LogP contribution is -2.45. The lowest BCUT2D eigenvalue weighted by molar-refractivity contribution is 0.0594. The quantitative estimate of drug-likeness (QED) is 0.881. The highest BCUT2D eigenvalue weighted by Crippen LogP contribution is 2.36. The van der Waals surface area contributed by atoms with Gasteiger partial charge < -0.3 is 10.1 Å². The van der Waals surface area contributed by atoms with Gasteiger partial charge in [0.2, 0.25) is 0 Å². The first-order valence-corrected chi connectivity index (χ1v) is 7.60. The van der Waals surface area contributed by atoms with E-state index in [0.717, 1.165) is 12.8 Å². The third kappa shape index (κ3) is 3.23. The molecule has 0 aliphatic heterocycles. The maximum Gasteiger partial charge on any atom is 0.356 e. The molecule has 5 nitrogen and oxygen atoms in total. The first-order chi connectivity index (χ1) is 11.2. The van der Waals surface area contributed by atoms with Gasteiger partial charge in [0.05, 0.1) is 7.11 Å². The SMILES string of the molecule is COC(=O)c1cccc(C(=O)N[C@@H]2CC[C@@H]2c2ccccc2)n1. The van der Waals surface area contributed by atoms with Crippen molar-refractivity contribution in [2.45, 2.75) is 24.8 Å². The van der Waals surface area contributed by atoms with Crippen LogP contribution in [0.15, 0.2) is 48.5 Å². The van der Waals surface area contributed by atoms with Gasteiger partial charge >= 0.3 is 5.97 Å². The second-order valence-electron chi connectivity index (χ2n) is 5.57. The van der Waals surface area contributed by atoms with Gasteiger partial charge in [-0.25, -0.2) is 9.78 Å². The number of aromatic nitrogens is 1. The molecule has 1 aromatic carbocycles. The third-order valence-corrected chi connectivity index (χ3v) is 4.19. The van der Waals surface area contributed by atoms with Gasteiger partial charge in [0.15, 0.2) is 0 Å². The lowest BCUT2D eigenvalue weighted by Gasteiger charge is -2.37. The Morgan fingerprint density at radius 1 is 1.04 bits per heavy atom. The van der Waals surface area contributed by atoms with E-state index in [1.807, 2.05) is 18.2 Å². The number of pyridine rings is 1. The molecule has 3 rings (SSSR count). The Labute approximate surface area is 134 Å². The molecule has 23 heavy (non-hydrogen) atoms. The zero-order valence-corrected chi connectivity index (χ0v) is 12.9. The topological polar surface area (TPSA) is 68.3 Å². The highest BCUT2D eigenvalue weighted by atomic mass is 16.5. The summed E-state index contributed by atoms with van der Waals surface area (Å²) in [4.78, 5) is 27.9. The van der Waals surface area contributed by atoms with Crippen LogP contribution in [0, 0.1) is 0 Å². The highest BCUT2D eigenvalue weighted by molar-refractivity contribution is 5.94. The largest absolute Gasteiger partial charge is 0.464 e. The van der Waals surface area contributed by atoms with Crippen molar-refractivity contribution in [1.82, 2.24) is 10.3 Å². The molecular formula is C18H18N2O3. The van der Waals surface area contributed by atoms with Crippen LogP contribution in [0.2, 0.25) is 0 Å². The molecule has 0 saturated heterocycles. The number of nitrogens with one attached hydrogen (secondary N) is 1. The molecule has 1 aromatic heterocycles. The van der Waals surface area contributed by atoms with E-state index in [-0.39, 0.29) is 23.3 Å². The molecule has 1 fully saturated rings. The van der Waals surface area contributed by atoms with Crippen molar-refractivity contribution in [1.29, 1.82) is 0 Å². The molecule has 1 aliphatic rings. The van der Waals surface area contributed by atoms with E-state index in [1.54, 1.807) is 12.1 Å². The van der Waals surface area contributed by atoms with Gasteiger partial charge in [-0.1, -0.05) is 36.4 Å². The fourth-order valence-electron chi connectivity index (χ4n) is 2.79. The number of ether oxygens (including phenoxy) is 1. The van der Waals surface area contributed by atoms with E-state index < -0.39 is 5.97 Å². The maximum absolute atomic E-state index is 12.4. The average Bonchev–Trinajstić information content (AvgIpc) is 2.58. The second-order valence-corrected chi connectivity index (χ2v) is 5.57. The molecule has 1 heterocycles. The normalized spacial score (nSPS) is 19.5. The van der Waals surface area contributed by atoms with Crippen molar-refractivity contribution in [2.75, 3.05) is 7.11 Å². The minimum absolute atomic E-state index is 0.105. The zero-order chi connectivity index (χ0) is 16.2. The van der Waals surface area contributed by atoms with Crippen molar-refractivity contribution in [2.24, 2.45) is 0 Å². The van der Waals surface area contributed by atoms with Crippen LogP contribution in [0.4, 0.5) is 0 Å². The summed E-state index contributed by atoms with van der Waals surface area (Å²) in [5, 5.41) is 3.01. The van der Waals surface area contributed by atoms with Crippen molar-refractivity contribution in [3.63, 3.8) is 0 Å². The van der Waals surface area contributed by atoms with Crippen LogP contribution >= 0.6 is 0 Å². The van der Waals surface area contributed by atoms with Crippen LogP contribution in [0.25, 0.3) is 0 Å². The van der Waals surface area contributed by atoms with Crippen molar-refractivity contribution < 1.29 is 14.3 Å². The van der Waals surface area contributed by atoms with Crippen molar-refractivity contribution in [3.05, 3.63) is 65.5 Å². The summed E-state index contributed by atoms with van der Waals surface area (Å²) < 4.78 is 4.63. The van der Waals surface area contributed by atoms with Gasteiger partial charge in [-0.3, -0.25) is 4.79 Å². The number of nitrogens with zero attached hydrogens (tertiary/aromatic N) is 1. The van der Waals surface area contributed by atoms with Gasteiger partial charge in [-0.2, -0.15) is 0 Å². The predicted octanol–water partition coefficient (Wildman–Crippen LogP) is 2.54. The number of hydrogen-bond acceptors (Lipinski definition) is 4. The van der Waals surface area contributed by atoms with Gasteiger partial charge in [-0.05, 0) is 30.5 Å². The fraction of sp³-hybridized carbons (Fsp3) is 0.278. The molecule has 5 heteroatoms. The Hall–Kier alpha value is -2.69. The average molecular weight is 310 g/mol. The summed E-state index contributed by atoms with van der Waals surface area (Å²) in [6, 6.07) is 15.0. The number of carbonyl (C=O) groups excluding carboxylic acids is 2. The summed E-state index contributed by atoms with van der Waals surface area (Å²) in [7, 11) is 1.29. The van der Waals surface area contributed by atoms with E-state index in [0.29, 0.717) is 5.92 Å². The minimum Gasteiger partial charge on any atom is -0.464 e. The zero-order valence-electron chi connectivity index (χ0n) is 12.9. The molecule has 118 valence electrons. The molecular weight excluding hydrogens is 292 g/mol. The molecule has 1 N–H and O–H groups in total. The van der Waals surface area contributed by atoms with E-state index in [2.05, 4.69) is 27.2 Å². The first-order valence-electron chi connectivity index (χ1n) is 7.60. The summed E-state index contributed by atoms with van der Waals surface area (Å²) in [6.45, 7) is 0. The van der Waals surface area contributed by atoms with E-state index >= 15 is 0 Å². The molecule has 0 spiro atoms. The second kappa shape index (κ2) is 6.60. The Balaban J connectivity index is 1.69. The van der Waals surface area contributed by atoms with E-state index in [1.165, 1.54) is 18.7 Å². The number of esters is 1. The van der Waals surface area contributed by atoms with Gasteiger partial charge in [0, 0.05) is 12.0 Å². The van der Waals surface area contributed by atoms with E-state index in [9.17, 15) is 9.59 Å². The van der Waals surface area contributed by atoms with Crippen LogP contribution < -0.4 is 5.32 Å². The number of benzene rings is 1. The molecule has 0 unspecified atom stereocenters. The number of hydrogen-bond donors (Lipinski definition) is 1. The predicted molar refractivity (Wildman–Crippen MR) is 85.2 cm³/mol. The van der Waals surface area contributed by atoms with Crippen LogP contribution in [-0.4, -0.2) is 30.0 Å². The molecule has 1 amide bonds. The van der Waals surface area contributed by atoms with Crippen molar-refractivity contribution >= 4 is 11.9 Å². The Bertz CT molecular complexity index is 715. The lowest BCUT2D eigenvalue weighted by atomic mass is 9.75. The van der Waals surface area contributed by atoms with Crippen LogP contribution in [-0.2, 0) is 4.74 Å². The molecule has 2 atom stereocenters. The van der Waals surface area contributed by atoms with Gasteiger partial charge in [0.25, 0.3) is 5.91 Å². The van der Waals surface area contributed by atoms with Gasteiger partial charge in [0.1, 0.15) is 11.4 Å². The summed E-state index contributed by atoms with van der Waals surface area (Å²) in [5.41, 5.74) is 1.60. The summed E-state index contributed by atoms with van der Waals surface area (Å²) in [6.07, 6.45) is 2.01. The van der Waals surface area contributed by atoms with Crippen LogP contribution in [0.3, 0.4) is 0 Å². The third-order valence-electron chi connectivity index (χ3n) is 4.19. The number of amides is 1. The molecule has 0 radical (unpaired) electrons. The number of carbonyl (C=O) groups is 2. The number of rotatable bonds is 4. The van der Waals surface area contributed by atoms with E-state index in [4.69, 9.17) is 0 Å². The highest BCUT2D eigenvalue weighted by Gasteiger charge is 2.33. The van der Waals surface area contributed by atoms with Crippen LogP contribution in [0.5, 0.6) is 0 Å². The molecule has 1 aliphatic carbocycles. The Kier molecular flexibility index (Phi) is 4.37. The Morgan fingerprint density at radius 2 is 1.78 bits per heavy atom. The molecule has 2 aromatic rings. The summed E-state index contributed by atoms with van der Waals surface area (Å²) >= 11 is 0. The van der Waals surface area contributed by atoms with Gasteiger partial charge in [-0.15, -0.1) is 0 Å². The smallest absolute Gasteiger partial charge is 0.356 e. The summed E-state index contributed by atoms with van der Waals surface area (Å²) in [5.74, 6) is -0.476. The first kappa shape index (κ1) is 15.2. The minimum atomic E-state index is -0.551. The standard InChI is InChI=1S/C18H18N2O3/c1-23-18(22)16-9-5-8-15(19-16)17(21)20-14-11-10-13(14)12-6-3-2-4-7-12/h2-9,13-14H,10-11H2,1H3,(H,20,21)/t13-,14-/m1/s1. The molecule has 0 bridgehead atoms. The number of methoxy groups -OCH3 is 1. The maximum atomic E-state index is 12.4. The fourth-order valence-corrected chi connectivity index (χ4v) is 2.79. The van der Waals surface area contributed by atoms with Crippen molar-refractivity contribution in [3.8, 4) is 0 Å². The monoisotopic (exact) mass is 310 g/mol. The van der Waals surface area contributed by atoms with Crippen LogP contribution in [0.1, 0.15) is 45.3 Å². The Morgan fingerprint density at radius 3 is 2.43 bits per heavy atom.